The van der Waals surface area contributed by atoms with Gasteiger partial charge in [-0.25, -0.2) is 16.8 Å². The molecular formula is C30H32F6O6S2. The van der Waals surface area contributed by atoms with Crippen LogP contribution in [0.1, 0.15) is 89.6 Å². The van der Waals surface area contributed by atoms with Gasteiger partial charge in [-0.15, -0.1) is 0 Å². The molecule has 4 rings (SSSR count). The van der Waals surface area contributed by atoms with Crippen LogP contribution in [0.4, 0.5) is 26.3 Å². The Bertz CT molecular complexity index is 1550. The van der Waals surface area contributed by atoms with Crippen LogP contribution in [0.2, 0.25) is 0 Å². The summed E-state index contributed by atoms with van der Waals surface area (Å²) in [6, 6.07) is 7.22. The normalized spacial score (nSPS) is 16.8. The lowest BCUT2D eigenvalue weighted by Crippen LogP contribution is -2.29. The minimum Gasteiger partial charge on any atom is -0.293 e. The van der Waals surface area contributed by atoms with E-state index < -0.39 is 71.5 Å². The summed E-state index contributed by atoms with van der Waals surface area (Å²) in [6.45, 7) is 0. The lowest BCUT2D eigenvalue weighted by atomic mass is 10.0. The molecule has 0 bridgehead atoms. The zero-order valence-corrected chi connectivity index (χ0v) is 25.2. The van der Waals surface area contributed by atoms with E-state index in [0.717, 1.165) is 80.6 Å². The number of sulfone groups is 2. The standard InChI is InChI=1S/C15H17F3O3S.C15H15F3O3S/c2*16-15(17,18)12-8-6-11(7-9-12)14(19)10-22(20,21)13-4-2-1-3-5-13/h6-9,13H,1-5,10H2;4,6-9H,1-3,5,10H2. The number of carbonyl (C=O) groups is 2. The maximum atomic E-state index is 12.5. The highest BCUT2D eigenvalue weighted by Gasteiger charge is 2.33. The molecule has 1 saturated carbocycles. The zero-order valence-electron chi connectivity index (χ0n) is 23.6. The van der Waals surface area contributed by atoms with E-state index in [1.165, 1.54) is 0 Å². The van der Waals surface area contributed by atoms with Gasteiger partial charge in [0.2, 0.25) is 0 Å². The van der Waals surface area contributed by atoms with E-state index in [0.29, 0.717) is 25.7 Å². The monoisotopic (exact) mass is 666 g/mol. The predicted octanol–water partition coefficient (Wildman–Crippen LogP) is 7.40. The number of ketones is 2. The number of halogens is 6. The Morgan fingerprint density at radius 3 is 1.50 bits per heavy atom. The molecule has 2 aromatic rings. The smallest absolute Gasteiger partial charge is 0.293 e. The molecule has 14 heteroatoms. The number of allylic oxidation sites excluding steroid dienone is 2. The van der Waals surface area contributed by atoms with Crippen molar-refractivity contribution >= 4 is 31.2 Å². The topological polar surface area (TPSA) is 102 Å². The van der Waals surface area contributed by atoms with Crippen molar-refractivity contribution in [1.29, 1.82) is 0 Å². The second-order valence-electron chi connectivity index (χ2n) is 10.7. The van der Waals surface area contributed by atoms with E-state index in [9.17, 15) is 52.8 Å². The number of alkyl halides is 6. The van der Waals surface area contributed by atoms with Gasteiger partial charge in [-0.1, -0.05) is 49.6 Å². The first-order chi connectivity index (χ1) is 20.4. The van der Waals surface area contributed by atoms with Crippen molar-refractivity contribution in [2.45, 2.75) is 75.4 Å². The summed E-state index contributed by atoms with van der Waals surface area (Å²) < 4.78 is 123. The van der Waals surface area contributed by atoms with Crippen LogP contribution >= 0.6 is 0 Å². The summed E-state index contributed by atoms with van der Waals surface area (Å²) in [4.78, 5) is 24.2. The third-order valence-electron chi connectivity index (χ3n) is 7.43. The number of benzene rings is 2. The molecule has 2 aliphatic carbocycles. The van der Waals surface area contributed by atoms with Crippen molar-refractivity contribution < 1.29 is 52.8 Å². The number of Topliss-reactive ketones (excluding diaryl/α,β-unsaturated/α-hetero) is 2. The average Bonchev–Trinajstić information content (AvgIpc) is 2.97. The van der Waals surface area contributed by atoms with Gasteiger partial charge in [0.05, 0.1) is 16.4 Å². The summed E-state index contributed by atoms with van der Waals surface area (Å²) in [6.07, 6.45) is -0.785. The highest BCUT2D eigenvalue weighted by Crippen LogP contribution is 2.31. The van der Waals surface area contributed by atoms with Gasteiger partial charge >= 0.3 is 12.4 Å². The van der Waals surface area contributed by atoms with Crippen molar-refractivity contribution in [3.05, 3.63) is 81.8 Å². The van der Waals surface area contributed by atoms with Crippen LogP contribution in [-0.2, 0) is 32.0 Å². The highest BCUT2D eigenvalue weighted by atomic mass is 32.2. The fraction of sp³-hybridized carbons (Fsp3) is 0.467. The molecule has 2 aromatic carbocycles. The maximum absolute atomic E-state index is 12.5. The summed E-state index contributed by atoms with van der Waals surface area (Å²) in [5, 5.41) is -0.500. The zero-order chi connectivity index (χ0) is 32.8. The first-order valence-electron chi connectivity index (χ1n) is 13.9. The molecule has 0 atom stereocenters. The minimum absolute atomic E-state index is 0.00705. The van der Waals surface area contributed by atoms with Crippen LogP contribution < -0.4 is 0 Å². The largest absolute Gasteiger partial charge is 0.416 e. The van der Waals surface area contributed by atoms with Gasteiger partial charge in [0.25, 0.3) is 0 Å². The van der Waals surface area contributed by atoms with Crippen LogP contribution in [0.3, 0.4) is 0 Å². The molecule has 0 heterocycles. The van der Waals surface area contributed by atoms with Gasteiger partial charge in [0, 0.05) is 16.0 Å². The molecule has 0 amide bonds. The number of hydrogen-bond donors (Lipinski definition) is 0. The third kappa shape index (κ3) is 10.0. The van der Waals surface area contributed by atoms with Crippen LogP contribution in [0.5, 0.6) is 0 Å². The molecule has 0 saturated heterocycles. The van der Waals surface area contributed by atoms with Crippen molar-refractivity contribution in [3.8, 4) is 0 Å². The number of carbonyl (C=O) groups excluding carboxylic acids is 2. The van der Waals surface area contributed by atoms with Gasteiger partial charge < -0.3 is 0 Å². The van der Waals surface area contributed by atoms with Crippen molar-refractivity contribution in [1.82, 2.24) is 0 Å². The second kappa shape index (κ2) is 14.4. The molecule has 0 N–H and O–H groups in total. The van der Waals surface area contributed by atoms with Crippen LogP contribution in [0.15, 0.2) is 59.5 Å². The lowest BCUT2D eigenvalue weighted by Gasteiger charge is -2.21. The van der Waals surface area contributed by atoms with Crippen molar-refractivity contribution in [2.24, 2.45) is 0 Å². The van der Waals surface area contributed by atoms with Crippen LogP contribution in [-0.4, -0.2) is 45.2 Å². The molecule has 0 unspecified atom stereocenters. The molecule has 0 radical (unpaired) electrons. The van der Waals surface area contributed by atoms with Gasteiger partial charge in [-0.05, 0) is 62.8 Å². The molecule has 0 aromatic heterocycles. The van der Waals surface area contributed by atoms with Crippen molar-refractivity contribution in [2.75, 3.05) is 11.5 Å². The third-order valence-corrected chi connectivity index (χ3v) is 11.4. The Kier molecular flexibility index (Phi) is 11.6. The fourth-order valence-corrected chi connectivity index (χ4v) is 8.28. The SMILES string of the molecule is O=C(CS(=O)(=O)C1=CCCCC1)c1ccc(C(F)(F)F)cc1.O=C(CS(=O)(=O)C1CCCCC1)c1ccc(C(F)(F)F)cc1. The molecule has 6 nitrogen and oxygen atoms in total. The van der Waals surface area contributed by atoms with E-state index in [1.54, 1.807) is 6.08 Å². The predicted molar refractivity (Wildman–Crippen MR) is 153 cm³/mol. The second-order valence-corrected chi connectivity index (χ2v) is 15.1. The Hall–Kier alpha value is -3.00. The van der Waals surface area contributed by atoms with E-state index in [2.05, 4.69) is 0 Å². The van der Waals surface area contributed by atoms with Crippen LogP contribution in [0, 0.1) is 0 Å². The molecular weight excluding hydrogens is 634 g/mol. The van der Waals surface area contributed by atoms with E-state index in [1.807, 2.05) is 0 Å². The first-order valence-corrected chi connectivity index (χ1v) is 17.3. The molecule has 1 fully saturated rings. The van der Waals surface area contributed by atoms with E-state index >= 15 is 0 Å². The Morgan fingerprint density at radius 1 is 0.636 bits per heavy atom. The van der Waals surface area contributed by atoms with Gasteiger partial charge in [-0.2, -0.15) is 26.3 Å². The van der Waals surface area contributed by atoms with Gasteiger partial charge in [-0.3, -0.25) is 9.59 Å². The molecule has 2 aliphatic rings. The Labute approximate surface area is 252 Å². The quantitative estimate of drug-likeness (QED) is 0.215. The summed E-state index contributed by atoms with van der Waals surface area (Å²) in [5.74, 6) is -2.69. The van der Waals surface area contributed by atoms with E-state index in [-0.39, 0.29) is 16.0 Å². The van der Waals surface area contributed by atoms with Gasteiger partial charge in [0.15, 0.2) is 31.2 Å². The Morgan fingerprint density at radius 2 is 1.09 bits per heavy atom. The number of hydrogen-bond acceptors (Lipinski definition) is 6. The number of rotatable bonds is 8. The van der Waals surface area contributed by atoms with Gasteiger partial charge in [0.1, 0.15) is 11.5 Å². The van der Waals surface area contributed by atoms with Crippen molar-refractivity contribution in [3.63, 3.8) is 0 Å². The lowest BCUT2D eigenvalue weighted by molar-refractivity contribution is -0.138. The average molecular weight is 667 g/mol. The molecule has 242 valence electrons. The molecule has 0 spiro atoms. The maximum Gasteiger partial charge on any atom is 0.416 e. The fourth-order valence-electron chi connectivity index (χ4n) is 4.94. The highest BCUT2D eigenvalue weighted by molar-refractivity contribution is 7.95. The Balaban J connectivity index is 0.000000240. The first kappa shape index (κ1) is 35.5. The summed E-state index contributed by atoms with van der Waals surface area (Å²) >= 11 is 0. The summed E-state index contributed by atoms with van der Waals surface area (Å²) in [5.41, 5.74) is -1.78. The molecule has 44 heavy (non-hydrogen) atoms. The van der Waals surface area contributed by atoms with Crippen LogP contribution in [0.25, 0.3) is 0 Å². The summed E-state index contributed by atoms with van der Waals surface area (Å²) in [7, 11) is -7.22. The minimum atomic E-state index is -4.49. The molecule has 0 aliphatic heterocycles. The van der Waals surface area contributed by atoms with E-state index in [4.69, 9.17) is 0 Å².